The van der Waals surface area contributed by atoms with E-state index >= 15 is 0 Å². The molecule has 0 rings (SSSR count). The van der Waals surface area contributed by atoms with E-state index in [0.717, 1.165) is 25.7 Å². The van der Waals surface area contributed by atoms with Crippen LogP contribution < -0.4 is 0 Å². The molecular formula is C27H54O3. The van der Waals surface area contributed by atoms with E-state index in [1.165, 1.54) is 122 Å². The summed E-state index contributed by atoms with van der Waals surface area (Å²) in [5.74, 6) is -0.665. The van der Waals surface area contributed by atoms with Gasteiger partial charge in [-0.3, -0.25) is 4.79 Å². The monoisotopic (exact) mass is 426 g/mol. The Hall–Kier alpha value is -0.570. The number of aliphatic hydroxyl groups is 1. The van der Waals surface area contributed by atoms with E-state index < -0.39 is 5.97 Å². The van der Waals surface area contributed by atoms with E-state index in [4.69, 9.17) is 5.11 Å². The lowest BCUT2D eigenvalue weighted by Crippen LogP contribution is -2.05. The Kier molecular flexibility index (Phi) is 24.2. The van der Waals surface area contributed by atoms with Crippen LogP contribution in [-0.4, -0.2) is 22.3 Å². The zero-order chi connectivity index (χ0) is 22.1. The van der Waals surface area contributed by atoms with Crippen molar-refractivity contribution in [3.05, 3.63) is 0 Å². The molecule has 0 saturated carbocycles. The molecule has 0 aromatic heterocycles. The second kappa shape index (κ2) is 24.7. The minimum atomic E-state index is -0.665. The summed E-state index contributed by atoms with van der Waals surface area (Å²) in [4.78, 5) is 10.4. The van der Waals surface area contributed by atoms with Gasteiger partial charge in [0.2, 0.25) is 0 Å². The van der Waals surface area contributed by atoms with E-state index in [1.54, 1.807) is 0 Å². The molecule has 0 saturated heterocycles. The van der Waals surface area contributed by atoms with Crippen molar-refractivity contribution in [2.75, 3.05) is 0 Å². The molecule has 30 heavy (non-hydrogen) atoms. The van der Waals surface area contributed by atoms with Crippen LogP contribution in [0.5, 0.6) is 0 Å². The smallest absolute Gasteiger partial charge is 0.303 e. The summed E-state index contributed by atoms with van der Waals surface area (Å²) in [5.41, 5.74) is 0. The molecule has 2 N–H and O–H groups in total. The van der Waals surface area contributed by atoms with Gasteiger partial charge in [0.15, 0.2) is 0 Å². The van der Waals surface area contributed by atoms with Gasteiger partial charge in [-0.25, -0.2) is 0 Å². The molecule has 0 bridgehead atoms. The van der Waals surface area contributed by atoms with Crippen LogP contribution in [0.1, 0.15) is 161 Å². The van der Waals surface area contributed by atoms with Gasteiger partial charge in [-0.05, 0) is 19.3 Å². The molecule has 1 atom stereocenters. The van der Waals surface area contributed by atoms with Crippen LogP contribution >= 0.6 is 0 Å². The fourth-order valence-electron chi connectivity index (χ4n) is 4.26. The third-order valence-electron chi connectivity index (χ3n) is 6.32. The molecule has 0 amide bonds. The molecule has 0 heterocycles. The molecule has 0 fully saturated rings. The van der Waals surface area contributed by atoms with Crippen molar-refractivity contribution < 1.29 is 15.0 Å². The first kappa shape index (κ1) is 29.4. The molecule has 0 aromatic rings. The molecule has 1 unspecified atom stereocenters. The number of carbonyl (C=O) groups is 1. The average Bonchev–Trinajstić information content (AvgIpc) is 2.72. The molecule has 0 spiro atoms. The lowest BCUT2D eigenvalue weighted by molar-refractivity contribution is -0.137. The Balaban J connectivity index is 3.15. The first-order valence-corrected chi connectivity index (χ1v) is 13.6. The normalized spacial score (nSPS) is 12.3. The van der Waals surface area contributed by atoms with Crippen LogP contribution in [0.2, 0.25) is 0 Å². The van der Waals surface area contributed by atoms with E-state index in [2.05, 4.69) is 6.92 Å². The maximum Gasteiger partial charge on any atom is 0.303 e. The van der Waals surface area contributed by atoms with Crippen molar-refractivity contribution in [1.82, 2.24) is 0 Å². The number of aliphatic hydroxyl groups excluding tert-OH is 1. The summed E-state index contributed by atoms with van der Waals surface area (Å²) in [6.07, 6.45) is 29.2. The zero-order valence-electron chi connectivity index (χ0n) is 20.4. The number of carboxylic acid groups (broad SMARTS) is 1. The van der Waals surface area contributed by atoms with E-state index in [9.17, 15) is 9.90 Å². The van der Waals surface area contributed by atoms with Crippen LogP contribution in [0.4, 0.5) is 0 Å². The van der Waals surface area contributed by atoms with E-state index in [0.29, 0.717) is 6.42 Å². The van der Waals surface area contributed by atoms with Crippen molar-refractivity contribution >= 4 is 5.97 Å². The van der Waals surface area contributed by atoms with Gasteiger partial charge in [0.1, 0.15) is 0 Å². The zero-order valence-corrected chi connectivity index (χ0v) is 20.4. The van der Waals surface area contributed by atoms with Crippen LogP contribution in [-0.2, 0) is 4.79 Å². The number of hydrogen-bond acceptors (Lipinski definition) is 2. The quantitative estimate of drug-likeness (QED) is 0.143. The van der Waals surface area contributed by atoms with Gasteiger partial charge in [-0.2, -0.15) is 0 Å². The van der Waals surface area contributed by atoms with Crippen molar-refractivity contribution in [2.45, 2.75) is 167 Å². The molecule has 0 radical (unpaired) electrons. The van der Waals surface area contributed by atoms with Crippen molar-refractivity contribution in [1.29, 1.82) is 0 Å². The van der Waals surface area contributed by atoms with E-state index in [1.807, 2.05) is 0 Å². The lowest BCUT2D eigenvalue weighted by Gasteiger charge is -2.10. The highest BCUT2D eigenvalue weighted by Crippen LogP contribution is 2.16. The summed E-state index contributed by atoms with van der Waals surface area (Å²) < 4.78 is 0. The molecule has 0 aliphatic carbocycles. The summed E-state index contributed by atoms with van der Waals surface area (Å²) >= 11 is 0. The number of aliphatic carboxylic acids is 1. The third kappa shape index (κ3) is 25.5. The number of unbranched alkanes of at least 4 members (excludes halogenated alkanes) is 19. The number of hydrogen-bond donors (Lipinski definition) is 2. The van der Waals surface area contributed by atoms with Crippen LogP contribution in [0, 0.1) is 0 Å². The minimum Gasteiger partial charge on any atom is -0.481 e. The van der Waals surface area contributed by atoms with E-state index in [-0.39, 0.29) is 6.10 Å². The molecule has 0 aliphatic rings. The Morgan fingerprint density at radius 2 is 0.833 bits per heavy atom. The standard InChI is InChI=1S/C27H54O3/c1-2-3-4-5-6-7-11-14-17-20-23-26(28)24-21-18-15-12-9-8-10-13-16-19-22-25-27(29)30/h26,28H,2-25H2,1H3,(H,29,30). The van der Waals surface area contributed by atoms with Crippen molar-refractivity contribution in [3.63, 3.8) is 0 Å². The maximum absolute atomic E-state index is 10.4. The Labute approximate surface area is 188 Å². The Morgan fingerprint density at radius 3 is 1.17 bits per heavy atom. The van der Waals surface area contributed by atoms with Gasteiger partial charge in [0, 0.05) is 6.42 Å². The summed E-state index contributed by atoms with van der Waals surface area (Å²) in [6.45, 7) is 2.27. The average molecular weight is 427 g/mol. The Bertz CT molecular complexity index is 343. The third-order valence-corrected chi connectivity index (χ3v) is 6.32. The predicted molar refractivity (Wildman–Crippen MR) is 130 cm³/mol. The molecular weight excluding hydrogens is 372 g/mol. The number of carboxylic acids is 1. The van der Waals surface area contributed by atoms with Crippen molar-refractivity contribution in [3.8, 4) is 0 Å². The Morgan fingerprint density at radius 1 is 0.533 bits per heavy atom. The predicted octanol–water partition coefficient (Wildman–Crippen LogP) is 8.81. The summed E-state index contributed by atoms with van der Waals surface area (Å²) in [7, 11) is 0. The van der Waals surface area contributed by atoms with Gasteiger partial charge in [0.05, 0.1) is 6.10 Å². The lowest BCUT2D eigenvalue weighted by atomic mass is 10.0. The second-order valence-electron chi connectivity index (χ2n) is 9.45. The molecule has 180 valence electrons. The minimum absolute atomic E-state index is 0.0693. The fourth-order valence-corrected chi connectivity index (χ4v) is 4.26. The highest BCUT2D eigenvalue weighted by atomic mass is 16.4. The largest absolute Gasteiger partial charge is 0.481 e. The number of rotatable bonds is 25. The second-order valence-corrected chi connectivity index (χ2v) is 9.45. The summed E-state index contributed by atoms with van der Waals surface area (Å²) in [6, 6.07) is 0. The molecule has 3 nitrogen and oxygen atoms in total. The first-order valence-electron chi connectivity index (χ1n) is 13.6. The maximum atomic E-state index is 10.4. The molecule has 0 aromatic carbocycles. The van der Waals surface area contributed by atoms with Crippen LogP contribution in [0.3, 0.4) is 0 Å². The summed E-state index contributed by atoms with van der Waals surface area (Å²) in [5, 5.41) is 18.7. The van der Waals surface area contributed by atoms with Crippen LogP contribution in [0.15, 0.2) is 0 Å². The van der Waals surface area contributed by atoms with Gasteiger partial charge in [0.25, 0.3) is 0 Å². The molecule has 3 heteroatoms. The highest BCUT2D eigenvalue weighted by molar-refractivity contribution is 5.66. The van der Waals surface area contributed by atoms with Gasteiger partial charge >= 0.3 is 5.97 Å². The van der Waals surface area contributed by atoms with Gasteiger partial charge in [-0.15, -0.1) is 0 Å². The van der Waals surface area contributed by atoms with Gasteiger partial charge in [-0.1, -0.05) is 135 Å². The first-order chi connectivity index (χ1) is 14.7. The van der Waals surface area contributed by atoms with Crippen LogP contribution in [0.25, 0.3) is 0 Å². The fraction of sp³-hybridized carbons (Fsp3) is 0.963. The SMILES string of the molecule is CCCCCCCCCCCCC(O)CCCCCCCCCCCCCC(=O)O. The van der Waals surface area contributed by atoms with Crippen molar-refractivity contribution in [2.24, 2.45) is 0 Å². The highest BCUT2D eigenvalue weighted by Gasteiger charge is 2.04. The van der Waals surface area contributed by atoms with Gasteiger partial charge < -0.3 is 10.2 Å². The molecule has 0 aliphatic heterocycles. The topological polar surface area (TPSA) is 57.5 Å².